The van der Waals surface area contributed by atoms with Crippen molar-refractivity contribution in [3.05, 3.63) is 65.8 Å². The fourth-order valence-corrected chi connectivity index (χ4v) is 3.28. The second kappa shape index (κ2) is 5.04. The molecule has 0 saturated heterocycles. The van der Waals surface area contributed by atoms with Crippen molar-refractivity contribution < 1.29 is 9.21 Å². The summed E-state index contributed by atoms with van der Waals surface area (Å²) in [7, 11) is 1.75. The van der Waals surface area contributed by atoms with E-state index in [1.807, 2.05) is 24.3 Å². The van der Waals surface area contributed by atoms with Crippen LogP contribution in [0.1, 0.15) is 33.8 Å². The van der Waals surface area contributed by atoms with Crippen LogP contribution in [0.25, 0.3) is 11.1 Å². The van der Waals surface area contributed by atoms with Gasteiger partial charge in [0.1, 0.15) is 11.2 Å². The van der Waals surface area contributed by atoms with Crippen molar-refractivity contribution in [1.29, 1.82) is 0 Å². The highest BCUT2D eigenvalue weighted by Crippen LogP contribution is 2.38. The molecule has 4 aromatic rings. The number of oxazole rings is 1. The van der Waals surface area contributed by atoms with Crippen LogP contribution < -0.4 is 0 Å². The van der Waals surface area contributed by atoms with E-state index in [1.165, 1.54) is 0 Å². The minimum atomic E-state index is -0.462. The molecule has 0 fully saturated rings. The molecule has 0 saturated carbocycles. The van der Waals surface area contributed by atoms with Gasteiger partial charge < -0.3 is 14.3 Å². The van der Waals surface area contributed by atoms with Crippen molar-refractivity contribution in [2.75, 3.05) is 0 Å². The Morgan fingerprint density at radius 1 is 1.32 bits per heavy atom. The highest BCUT2D eigenvalue weighted by atomic mass is 16.4. The second-order valence-electron chi connectivity index (χ2n) is 5.96. The summed E-state index contributed by atoms with van der Waals surface area (Å²) in [4.78, 5) is 26.8. The summed E-state index contributed by atoms with van der Waals surface area (Å²) < 4.78 is 7.49. The summed E-state index contributed by atoms with van der Waals surface area (Å²) in [6, 6.07) is 8.78. The van der Waals surface area contributed by atoms with Crippen molar-refractivity contribution in [2.45, 2.75) is 12.6 Å². The average Bonchev–Trinajstić information content (AvgIpc) is 3.36. The molecule has 5 rings (SSSR count). The van der Waals surface area contributed by atoms with Crippen LogP contribution in [0.5, 0.6) is 0 Å². The largest absolute Gasteiger partial charge is 0.438 e. The van der Waals surface area contributed by atoms with Crippen molar-refractivity contribution in [3.8, 4) is 0 Å². The summed E-state index contributed by atoms with van der Waals surface area (Å²) in [5, 5.41) is 4.09. The number of hydrogen-bond acceptors (Lipinski definition) is 5. The number of H-pyrrole nitrogens is 1. The first kappa shape index (κ1) is 14.0. The molecule has 1 amide bonds. The summed E-state index contributed by atoms with van der Waals surface area (Å²) in [5.74, 6) is 0.321. The van der Waals surface area contributed by atoms with E-state index < -0.39 is 6.04 Å². The average molecular weight is 334 g/mol. The molecule has 1 aliphatic heterocycles. The van der Waals surface area contributed by atoms with Gasteiger partial charge in [-0.15, -0.1) is 0 Å². The van der Waals surface area contributed by atoms with Gasteiger partial charge >= 0.3 is 0 Å². The zero-order valence-corrected chi connectivity index (χ0v) is 13.4. The predicted molar refractivity (Wildman–Crippen MR) is 87.5 cm³/mol. The van der Waals surface area contributed by atoms with Crippen molar-refractivity contribution in [3.63, 3.8) is 0 Å². The Morgan fingerprint density at radius 3 is 3.00 bits per heavy atom. The number of para-hydroxylation sites is 2. The number of benzene rings is 1. The minimum absolute atomic E-state index is 0.140. The lowest BCUT2D eigenvalue weighted by Gasteiger charge is -2.22. The molecule has 0 unspecified atom stereocenters. The van der Waals surface area contributed by atoms with Gasteiger partial charge in [0.2, 0.25) is 5.89 Å². The zero-order chi connectivity index (χ0) is 17.0. The lowest BCUT2D eigenvalue weighted by Crippen LogP contribution is -2.32. The van der Waals surface area contributed by atoms with Gasteiger partial charge in [0.25, 0.3) is 5.91 Å². The number of carbonyl (C=O) groups excluding carboxylic acids is 1. The van der Waals surface area contributed by atoms with Gasteiger partial charge in [-0.1, -0.05) is 12.1 Å². The molecule has 8 heteroatoms. The van der Waals surface area contributed by atoms with Crippen molar-refractivity contribution in [1.82, 2.24) is 29.6 Å². The van der Waals surface area contributed by atoms with Gasteiger partial charge in [0.15, 0.2) is 11.6 Å². The van der Waals surface area contributed by atoms with Crippen LogP contribution in [-0.4, -0.2) is 35.5 Å². The van der Waals surface area contributed by atoms with Crippen LogP contribution in [0.2, 0.25) is 0 Å². The van der Waals surface area contributed by atoms with E-state index in [0.29, 0.717) is 23.7 Å². The number of imidazole rings is 1. The number of nitrogens with one attached hydrogen (secondary N) is 1. The maximum atomic E-state index is 13.0. The number of nitrogens with zero attached hydrogens (tertiary/aromatic N) is 5. The lowest BCUT2D eigenvalue weighted by atomic mass is 10.2. The Balaban J connectivity index is 1.63. The molecule has 1 aliphatic rings. The molecule has 0 spiro atoms. The predicted octanol–water partition coefficient (Wildman–Crippen LogP) is 2.03. The van der Waals surface area contributed by atoms with E-state index in [0.717, 1.165) is 16.9 Å². The molecule has 25 heavy (non-hydrogen) atoms. The maximum Gasteiger partial charge on any atom is 0.273 e. The van der Waals surface area contributed by atoms with Crippen LogP contribution in [0.15, 0.2) is 47.3 Å². The van der Waals surface area contributed by atoms with E-state index in [1.54, 1.807) is 35.2 Å². The van der Waals surface area contributed by atoms with E-state index in [2.05, 4.69) is 20.1 Å². The Hall–Kier alpha value is -3.42. The summed E-state index contributed by atoms with van der Waals surface area (Å²) in [6.07, 6.45) is 3.24. The van der Waals surface area contributed by atoms with Crippen molar-refractivity contribution >= 4 is 17.0 Å². The smallest absolute Gasteiger partial charge is 0.273 e. The van der Waals surface area contributed by atoms with Crippen LogP contribution in [0.4, 0.5) is 0 Å². The quantitative estimate of drug-likeness (QED) is 0.605. The number of hydrogen-bond donors (Lipinski definition) is 1. The number of aromatic nitrogens is 5. The molecule has 0 aliphatic carbocycles. The molecule has 8 nitrogen and oxygen atoms in total. The molecule has 1 atom stereocenters. The Kier molecular flexibility index (Phi) is 2.81. The van der Waals surface area contributed by atoms with Crippen LogP contribution >= 0.6 is 0 Å². The van der Waals surface area contributed by atoms with E-state index in [-0.39, 0.29) is 5.91 Å². The van der Waals surface area contributed by atoms with Gasteiger partial charge in [-0.05, 0) is 18.2 Å². The third-order valence-electron chi connectivity index (χ3n) is 4.50. The van der Waals surface area contributed by atoms with E-state index >= 15 is 0 Å². The van der Waals surface area contributed by atoms with E-state index in [4.69, 9.17) is 4.42 Å². The first-order chi connectivity index (χ1) is 12.2. The highest BCUT2D eigenvalue weighted by molar-refractivity contribution is 5.93. The first-order valence-electron chi connectivity index (χ1n) is 7.89. The van der Waals surface area contributed by atoms with Gasteiger partial charge in [0, 0.05) is 13.2 Å². The Labute approximate surface area is 142 Å². The summed E-state index contributed by atoms with van der Waals surface area (Å²) in [5.41, 5.74) is 3.61. The number of rotatable bonds is 2. The SMILES string of the molecule is Cn1nccc1C(=O)N1Cc2[nH]cnc2[C@@H]1c1nc2ccccc2o1. The Bertz CT molecular complexity index is 1060. The number of fused-ring (bicyclic) bond motifs is 2. The van der Waals surface area contributed by atoms with Crippen LogP contribution in [-0.2, 0) is 13.6 Å². The summed E-state index contributed by atoms with van der Waals surface area (Å²) >= 11 is 0. The van der Waals surface area contributed by atoms with Crippen molar-refractivity contribution in [2.24, 2.45) is 7.05 Å². The molecular weight excluding hydrogens is 320 g/mol. The molecule has 4 heterocycles. The van der Waals surface area contributed by atoms with Gasteiger partial charge in [-0.2, -0.15) is 5.10 Å². The normalized spacial score (nSPS) is 16.5. The number of carbonyl (C=O) groups is 1. The van der Waals surface area contributed by atoms with E-state index in [9.17, 15) is 4.79 Å². The highest BCUT2D eigenvalue weighted by Gasteiger charge is 2.41. The standard InChI is InChI=1S/C17H14N6O2/c1-22-12(6-7-20-22)17(24)23-8-11-14(19-9-18-11)15(23)16-21-10-4-2-3-5-13(10)25-16/h2-7,9,15H,8H2,1H3,(H,18,19)/t15-/m1/s1. The molecule has 124 valence electrons. The topological polar surface area (TPSA) is 92.8 Å². The summed E-state index contributed by atoms with van der Waals surface area (Å²) in [6.45, 7) is 0.419. The molecule has 3 aromatic heterocycles. The second-order valence-corrected chi connectivity index (χ2v) is 5.96. The number of aromatic amines is 1. The zero-order valence-electron chi connectivity index (χ0n) is 13.4. The fourth-order valence-electron chi connectivity index (χ4n) is 3.28. The third kappa shape index (κ3) is 2.00. The molecule has 1 N–H and O–H groups in total. The molecule has 1 aromatic carbocycles. The minimum Gasteiger partial charge on any atom is -0.438 e. The molecule has 0 bridgehead atoms. The monoisotopic (exact) mass is 334 g/mol. The Morgan fingerprint density at radius 2 is 2.20 bits per heavy atom. The van der Waals surface area contributed by atoms with Crippen LogP contribution in [0, 0.1) is 0 Å². The molecule has 0 radical (unpaired) electrons. The van der Waals surface area contributed by atoms with Gasteiger partial charge in [-0.3, -0.25) is 9.48 Å². The van der Waals surface area contributed by atoms with Gasteiger partial charge in [-0.25, -0.2) is 9.97 Å². The lowest BCUT2D eigenvalue weighted by molar-refractivity contribution is 0.0685. The third-order valence-corrected chi connectivity index (χ3v) is 4.50. The number of aryl methyl sites for hydroxylation is 1. The fraction of sp³-hybridized carbons (Fsp3) is 0.176. The van der Waals surface area contributed by atoms with Crippen LogP contribution in [0.3, 0.4) is 0 Å². The molecular formula is C17H14N6O2. The maximum absolute atomic E-state index is 13.0. The first-order valence-corrected chi connectivity index (χ1v) is 7.89. The van der Waals surface area contributed by atoms with Gasteiger partial charge in [0.05, 0.1) is 24.3 Å². The number of amides is 1.